The number of nitro groups is 1. The van der Waals surface area contributed by atoms with Crippen LogP contribution in [0.25, 0.3) is 22.5 Å². The molecule has 10 nitrogen and oxygen atoms in total. The number of non-ortho nitro benzene ring substituents is 1. The molecule has 0 spiro atoms. The first-order chi connectivity index (χ1) is 17.7. The van der Waals surface area contributed by atoms with Crippen LogP contribution in [0.3, 0.4) is 0 Å². The Kier molecular flexibility index (Phi) is 7.25. The average Bonchev–Trinajstić information content (AvgIpc) is 3.29. The first-order valence-corrected chi connectivity index (χ1v) is 12.1. The zero-order valence-corrected chi connectivity index (χ0v) is 21.0. The smallest absolute Gasteiger partial charge is 0.359 e. The van der Waals surface area contributed by atoms with Crippen molar-refractivity contribution >= 4 is 50.8 Å². The minimum atomic E-state index is -0.682. The molecule has 1 N–H and O–H groups in total. The van der Waals surface area contributed by atoms with E-state index in [9.17, 15) is 24.5 Å². The number of benzene rings is 2. The molecule has 4 rings (SSSR count). The Morgan fingerprint density at radius 3 is 2.54 bits per heavy atom. The number of carbonyl (C=O) groups excluding carboxylic acids is 2. The van der Waals surface area contributed by atoms with Gasteiger partial charge in [-0.25, -0.2) is 4.79 Å². The number of anilines is 1. The maximum absolute atomic E-state index is 13.5. The van der Waals surface area contributed by atoms with Gasteiger partial charge in [0, 0.05) is 29.0 Å². The summed E-state index contributed by atoms with van der Waals surface area (Å²) in [6, 6.07) is 11.1. The van der Waals surface area contributed by atoms with Crippen molar-refractivity contribution in [3.63, 3.8) is 0 Å². The number of hydrogen-bond donors (Lipinski definition) is 1. The third kappa shape index (κ3) is 5.31. The molecule has 11 heteroatoms. The van der Waals surface area contributed by atoms with Crippen molar-refractivity contribution in [2.75, 3.05) is 11.9 Å². The van der Waals surface area contributed by atoms with Gasteiger partial charge in [-0.1, -0.05) is 6.07 Å². The molecular weight excluding hydrogens is 496 g/mol. The zero-order valence-electron chi connectivity index (χ0n) is 20.2. The van der Waals surface area contributed by atoms with Crippen molar-refractivity contribution in [1.82, 2.24) is 9.78 Å². The van der Waals surface area contributed by atoms with E-state index in [0.717, 1.165) is 27.1 Å². The van der Waals surface area contributed by atoms with Crippen molar-refractivity contribution < 1.29 is 19.2 Å². The number of nitro benzene ring substituents is 1. The summed E-state index contributed by atoms with van der Waals surface area (Å²) >= 11 is 1.09. The van der Waals surface area contributed by atoms with E-state index < -0.39 is 22.4 Å². The van der Waals surface area contributed by atoms with Crippen LogP contribution in [-0.4, -0.2) is 33.2 Å². The first kappa shape index (κ1) is 25.5. The summed E-state index contributed by atoms with van der Waals surface area (Å²) in [5.41, 5.74) is 2.45. The van der Waals surface area contributed by atoms with E-state index in [1.807, 2.05) is 19.9 Å². The van der Waals surface area contributed by atoms with E-state index in [1.54, 1.807) is 24.4 Å². The van der Waals surface area contributed by atoms with Gasteiger partial charge >= 0.3 is 5.97 Å². The number of fused-ring (bicyclic) bond motifs is 1. The van der Waals surface area contributed by atoms with Crippen LogP contribution < -0.4 is 10.9 Å². The quantitative estimate of drug-likeness (QED) is 0.161. The van der Waals surface area contributed by atoms with Crippen LogP contribution in [0, 0.1) is 24.0 Å². The van der Waals surface area contributed by atoms with E-state index in [0.29, 0.717) is 11.3 Å². The maximum Gasteiger partial charge on any atom is 0.359 e. The summed E-state index contributed by atoms with van der Waals surface area (Å²) < 4.78 is 6.29. The van der Waals surface area contributed by atoms with E-state index in [2.05, 4.69) is 10.4 Å². The van der Waals surface area contributed by atoms with E-state index in [1.165, 1.54) is 36.4 Å². The minimum absolute atomic E-state index is 0.0344. The molecule has 4 aromatic rings. The molecule has 0 atom stereocenters. The number of esters is 1. The molecule has 1 amide bonds. The first-order valence-electron chi connectivity index (χ1n) is 11.2. The number of thiophene rings is 1. The van der Waals surface area contributed by atoms with Crippen LogP contribution in [0.15, 0.2) is 58.7 Å². The molecule has 2 aromatic carbocycles. The third-order valence-electron chi connectivity index (χ3n) is 5.62. The van der Waals surface area contributed by atoms with Gasteiger partial charge in [0.15, 0.2) is 5.69 Å². The highest BCUT2D eigenvalue weighted by molar-refractivity contribution is 7.16. The molecule has 37 heavy (non-hydrogen) atoms. The van der Waals surface area contributed by atoms with E-state index >= 15 is 0 Å². The number of rotatable bonds is 7. The van der Waals surface area contributed by atoms with Crippen LogP contribution in [0.1, 0.15) is 34.1 Å². The average molecular weight is 519 g/mol. The largest absolute Gasteiger partial charge is 0.461 e. The summed E-state index contributed by atoms with van der Waals surface area (Å²) in [4.78, 5) is 49.2. The highest BCUT2D eigenvalue weighted by Crippen LogP contribution is 2.31. The summed E-state index contributed by atoms with van der Waals surface area (Å²) in [7, 11) is 0. The summed E-state index contributed by atoms with van der Waals surface area (Å²) in [5, 5.41) is 20.1. The van der Waals surface area contributed by atoms with Crippen LogP contribution in [0.5, 0.6) is 0 Å². The van der Waals surface area contributed by atoms with E-state index in [4.69, 9.17) is 4.74 Å². The van der Waals surface area contributed by atoms with Gasteiger partial charge in [0.25, 0.3) is 11.2 Å². The maximum atomic E-state index is 13.5. The SMILES string of the molecule is CCOC(=O)c1nn(-c2ccc(C)c(C)c2)c(=O)c2c(NC(=O)/C=C/c3ccc([N+](=O)[O-])cc3)scc12. The number of carbonyl (C=O) groups is 2. The summed E-state index contributed by atoms with van der Waals surface area (Å²) in [5.74, 6) is -1.20. The van der Waals surface area contributed by atoms with Crippen LogP contribution in [-0.2, 0) is 9.53 Å². The molecule has 2 aromatic heterocycles. The highest BCUT2D eigenvalue weighted by atomic mass is 32.1. The van der Waals surface area contributed by atoms with Gasteiger partial charge in [-0.2, -0.15) is 9.78 Å². The van der Waals surface area contributed by atoms with Gasteiger partial charge in [0.05, 0.1) is 22.6 Å². The molecule has 2 heterocycles. The van der Waals surface area contributed by atoms with Crippen LogP contribution in [0.4, 0.5) is 10.7 Å². The number of aromatic nitrogens is 2. The second kappa shape index (κ2) is 10.5. The van der Waals surface area contributed by atoms with E-state index in [-0.39, 0.29) is 33.8 Å². The molecule has 0 aliphatic rings. The molecule has 0 bridgehead atoms. The molecular formula is C26H22N4O6S. The Morgan fingerprint density at radius 1 is 1.16 bits per heavy atom. The van der Waals surface area contributed by atoms with Gasteiger partial charge in [-0.3, -0.25) is 19.7 Å². The van der Waals surface area contributed by atoms with Gasteiger partial charge in [0.1, 0.15) is 5.00 Å². The number of nitrogens with one attached hydrogen (secondary N) is 1. The number of amides is 1. The lowest BCUT2D eigenvalue weighted by atomic mass is 10.1. The molecule has 0 unspecified atom stereocenters. The molecule has 0 saturated heterocycles. The summed E-state index contributed by atoms with van der Waals surface area (Å²) in [6.45, 7) is 5.65. The number of hydrogen-bond acceptors (Lipinski definition) is 8. The van der Waals surface area contributed by atoms with Crippen LogP contribution >= 0.6 is 11.3 Å². The highest BCUT2D eigenvalue weighted by Gasteiger charge is 2.23. The van der Waals surface area contributed by atoms with Gasteiger partial charge in [-0.15, -0.1) is 11.3 Å². The monoisotopic (exact) mass is 518 g/mol. The fourth-order valence-corrected chi connectivity index (χ4v) is 4.50. The van der Waals surface area contributed by atoms with Crippen LogP contribution in [0.2, 0.25) is 0 Å². The Balaban J connectivity index is 1.74. The zero-order chi connectivity index (χ0) is 26.7. The second-order valence-electron chi connectivity index (χ2n) is 8.08. The standard InChI is InChI=1S/C26H22N4O6S/c1-4-36-26(33)23-20-14-37-24(27-21(31)12-8-17-6-10-18(11-7-17)30(34)35)22(20)25(32)29(28-23)19-9-5-15(2)16(3)13-19/h5-14H,4H2,1-3H3,(H,27,31)/b12-8+. The lowest BCUT2D eigenvalue weighted by molar-refractivity contribution is -0.384. The van der Waals surface area contributed by atoms with Gasteiger partial charge < -0.3 is 10.1 Å². The van der Waals surface area contributed by atoms with Gasteiger partial charge in [-0.05, 0) is 67.8 Å². The summed E-state index contributed by atoms with van der Waals surface area (Å²) in [6.07, 6.45) is 2.75. The molecule has 0 fully saturated rings. The van der Waals surface area contributed by atoms with Gasteiger partial charge in [0.2, 0.25) is 5.91 Å². The Morgan fingerprint density at radius 2 is 1.89 bits per heavy atom. The van der Waals surface area contributed by atoms with Crippen molar-refractivity contribution in [2.45, 2.75) is 20.8 Å². The Hall–Kier alpha value is -4.64. The molecule has 0 saturated carbocycles. The second-order valence-corrected chi connectivity index (χ2v) is 8.96. The lowest BCUT2D eigenvalue weighted by Gasteiger charge is -2.11. The number of ether oxygens (including phenoxy) is 1. The Labute approximate surface area is 215 Å². The fraction of sp³-hybridized carbons (Fsp3) is 0.154. The lowest BCUT2D eigenvalue weighted by Crippen LogP contribution is -2.25. The minimum Gasteiger partial charge on any atom is -0.461 e. The van der Waals surface area contributed by atoms with Crippen molar-refractivity contribution in [2.24, 2.45) is 0 Å². The third-order valence-corrected chi connectivity index (χ3v) is 6.52. The Bertz CT molecular complexity index is 1620. The molecule has 0 aliphatic heterocycles. The number of nitrogens with zero attached hydrogens (tertiary/aromatic N) is 3. The molecule has 0 aliphatic carbocycles. The van der Waals surface area contributed by atoms with Crippen molar-refractivity contribution in [1.29, 1.82) is 0 Å². The molecule has 0 radical (unpaired) electrons. The fourth-order valence-electron chi connectivity index (χ4n) is 3.56. The topological polar surface area (TPSA) is 133 Å². The molecule has 188 valence electrons. The van der Waals surface area contributed by atoms with Crippen molar-refractivity contribution in [3.8, 4) is 5.69 Å². The predicted molar refractivity (Wildman–Crippen MR) is 141 cm³/mol. The normalized spacial score (nSPS) is 11.1. The predicted octanol–water partition coefficient (Wildman–Crippen LogP) is 4.80. The van der Waals surface area contributed by atoms with Crippen molar-refractivity contribution in [3.05, 3.63) is 96.8 Å². The number of aryl methyl sites for hydroxylation is 2.